The lowest BCUT2D eigenvalue weighted by molar-refractivity contribution is -0.120. The van der Waals surface area contributed by atoms with E-state index >= 15 is 0 Å². The smallest absolute Gasteiger partial charge is 0.387 e. The molecule has 1 amide bonds. The molecule has 1 atom stereocenters. The van der Waals surface area contributed by atoms with Gasteiger partial charge in [0.25, 0.3) is 0 Å². The molecule has 0 bridgehead atoms. The van der Waals surface area contributed by atoms with E-state index in [-0.39, 0.29) is 11.7 Å². The van der Waals surface area contributed by atoms with Gasteiger partial charge in [0.2, 0.25) is 5.91 Å². The standard InChI is InChI=1S/C12H14ClF2NO2/c1-8(13)11(17)16-7-6-9-2-4-10(5-3-9)18-12(14)15/h2-5,8,12H,6-7H2,1H3,(H,16,17). The summed E-state index contributed by atoms with van der Waals surface area (Å²) in [5.41, 5.74) is 0.916. The zero-order chi connectivity index (χ0) is 13.5. The summed E-state index contributed by atoms with van der Waals surface area (Å²) < 4.78 is 28.0. The Morgan fingerprint density at radius 1 is 1.39 bits per heavy atom. The third-order valence-electron chi connectivity index (χ3n) is 2.22. The molecule has 0 fully saturated rings. The zero-order valence-corrected chi connectivity index (χ0v) is 10.6. The lowest BCUT2D eigenvalue weighted by atomic mass is 10.1. The minimum absolute atomic E-state index is 0.118. The number of carbonyl (C=O) groups excluding carboxylic acids is 1. The third-order valence-corrected chi connectivity index (χ3v) is 2.42. The van der Waals surface area contributed by atoms with Gasteiger partial charge in [-0.2, -0.15) is 8.78 Å². The van der Waals surface area contributed by atoms with E-state index in [1.807, 2.05) is 0 Å². The van der Waals surface area contributed by atoms with Crippen molar-refractivity contribution in [1.82, 2.24) is 5.32 Å². The van der Waals surface area contributed by atoms with Crippen LogP contribution in [0.25, 0.3) is 0 Å². The van der Waals surface area contributed by atoms with Gasteiger partial charge in [0.1, 0.15) is 11.1 Å². The van der Waals surface area contributed by atoms with E-state index < -0.39 is 12.0 Å². The second-order valence-corrected chi connectivity index (χ2v) is 4.33. The Morgan fingerprint density at radius 2 is 2.00 bits per heavy atom. The first-order valence-corrected chi connectivity index (χ1v) is 5.88. The summed E-state index contributed by atoms with van der Waals surface area (Å²) in [4.78, 5) is 11.2. The van der Waals surface area contributed by atoms with Gasteiger partial charge in [-0.1, -0.05) is 12.1 Å². The predicted octanol–water partition coefficient (Wildman–Crippen LogP) is 2.57. The van der Waals surface area contributed by atoms with E-state index in [2.05, 4.69) is 10.1 Å². The molecule has 18 heavy (non-hydrogen) atoms. The first kappa shape index (κ1) is 14.7. The zero-order valence-electron chi connectivity index (χ0n) is 9.83. The molecule has 1 aromatic rings. The average molecular weight is 278 g/mol. The van der Waals surface area contributed by atoms with Crippen LogP contribution in [0.5, 0.6) is 5.75 Å². The average Bonchev–Trinajstić information content (AvgIpc) is 2.30. The second kappa shape index (κ2) is 7.16. The van der Waals surface area contributed by atoms with Gasteiger partial charge in [-0.3, -0.25) is 4.79 Å². The van der Waals surface area contributed by atoms with Crippen molar-refractivity contribution in [2.24, 2.45) is 0 Å². The highest BCUT2D eigenvalue weighted by molar-refractivity contribution is 6.30. The van der Waals surface area contributed by atoms with Crippen LogP contribution in [0.4, 0.5) is 8.78 Å². The summed E-state index contributed by atoms with van der Waals surface area (Å²) in [6.07, 6.45) is 0.601. The van der Waals surface area contributed by atoms with Crippen LogP contribution in [0.15, 0.2) is 24.3 Å². The van der Waals surface area contributed by atoms with Gasteiger partial charge >= 0.3 is 6.61 Å². The van der Waals surface area contributed by atoms with Gasteiger partial charge < -0.3 is 10.1 Å². The lowest BCUT2D eigenvalue weighted by Crippen LogP contribution is -2.31. The van der Waals surface area contributed by atoms with Crippen LogP contribution >= 0.6 is 11.6 Å². The molecule has 0 aliphatic rings. The summed E-state index contributed by atoms with van der Waals surface area (Å²) >= 11 is 5.58. The fourth-order valence-electron chi connectivity index (χ4n) is 1.31. The topological polar surface area (TPSA) is 38.3 Å². The van der Waals surface area contributed by atoms with Gasteiger partial charge in [-0.15, -0.1) is 11.6 Å². The Kier molecular flexibility index (Phi) is 5.85. The summed E-state index contributed by atoms with van der Waals surface area (Å²) in [5, 5.41) is 2.09. The number of hydrogen-bond donors (Lipinski definition) is 1. The third kappa shape index (κ3) is 5.31. The minimum atomic E-state index is -2.82. The second-order valence-electron chi connectivity index (χ2n) is 3.68. The molecular formula is C12H14ClF2NO2. The van der Waals surface area contributed by atoms with Crippen molar-refractivity contribution >= 4 is 17.5 Å². The number of halogens is 3. The van der Waals surface area contributed by atoms with Crippen LogP contribution in [-0.2, 0) is 11.2 Å². The van der Waals surface area contributed by atoms with Crippen LogP contribution in [-0.4, -0.2) is 24.4 Å². The maximum atomic E-state index is 11.9. The predicted molar refractivity (Wildman–Crippen MR) is 65.1 cm³/mol. The van der Waals surface area contributed by atoms with Crippen molar-refractivity contribution in [2.75, 3.05) is 6.54 Å². The molecule has 1 aromatic carbocycles. The van der Waals surface area contributed by atoms with Crippen LogP contribution in [0.1, 0.15) is 12.5 Å². The molecular weight excluding hydrogens is 264 g/mol. The first-order valence-electron chi connectivity index (χ1n) is 5.44. The molecule has 0 radical (unpaired) electrons. The Labute approximate surface area is 109 Å². The molecule has 0 aliphatic carbocycles. The Hall–Kier alpha value is -1.36. The van der Waals surface area contributed by atoms with Gasteiger partial charge in [-0.05, 0) is 31.0 Å². The number of carbonyl (C=O) groups is 1. The van der Waals surface area contributed by atoms with Crippen LogP contribution in [0, 0.1) is 0 Å². The molecule has 3 nitrogen and oxygen atoms in total. The number of hydrogen-bond acceptors (Lipinski definition) is 2. The van der Waals surface area contributed by atoms with E-state index in [0.717, 1.165) is 5.56 Å². The van der Waals surface area contributed by atoms with Gasteiger partial charge in [0.15, 0.2) is 0 Å². The van der Waals surface area contributed by atoms with E-state index in [4.69, 9.17) is 11.6 Å². The molecule has 0 saturated heterocycles. The number of amides is 1. The van der Waals surface area contributed by atoms with Crippen molar-refractivity contribution in [3.05, 3.63) is 29.8 Å². The minimum Gasteiger partial charge on any atom is -0.435 e. The molecule has 0 heterocycles. The van der Waals surface area contributed by atoms with Gasteiger partial charge in [-0.25, -0.2) is 0 Å². The van der Waals surface area contributed by atoms with Crippen molar-refractivity contribution < 1.29 is 18.3 Å². The molecule has 1 N–H and O–H groups in total. The SMILES string of the molecule is CC(Cl)C(=O)NCCc1ccc(OC(F)F)cc1. The Balaban J connectivity index is 2.37. The summed E-state index contributed by atoms with van der Waals surface area (Å²) in [6.45, 7) is -0.779. The van der Waals surface area contributed by atoms with Crippen LogP contribution < -0.4 is 10.1 Å². The highest BCUT2D eigenvalue weighted by atomic mass is 35.5. The summed E-state index contributed by atoms with van der Waals surface area (Å²) in [5.74, 6) is -0.110. The maximum absolute atomic E-state index is 11.9. The monoisotopic (exact) mass is 277 g/mol. The number of ether oxygens (including phenoxy) is 1. The quantitative estimate of drug-likeness (QED) is 0.812. The van der Waals surface area contributed by atoms with E-state index in [0.29, 0.717) is 13.0 Å². The normalized spacial score (nSPS) is 12.3. The molecule has 100 valence electrons. The highest BCUT2D eigenvalue weighted by Gasteiger charge is 2.07. The van der Waals surface area contributed by atoms with Crippen molar-refractivity contribution in [3.8, 4) is 5.75 Å². The van der Waals surface area contributed by atoms with Crippen molar-refractivity contribution in [3.63, 3.8) is 0 Å². The van der Waals surface area contributed by atoms with Crippen LogP contribution in [0.3, 0.4) is 0 Å². The molecule has 1 rings (SSSR count). The fraction of sp³-hybridized carbons (Fsp3) is 0.417. The number of alkyl halides is 3. The first-order chi connectivity index (χ1) is 8.49. The molecule has 0 saturated carbocycles. The number of benzene rings is 1. The molecule has 1 unspecified atom stereocenters. The van der Waals surface area contributed by atoms with Crippen molar-refractivity contribution in [2.45, 2.75) is 25.3 Å². The lowest BCUT2D eigenvalue weighted by Gasteiger charge is -2.07. The number of rotatable bonds is 6. The summed E-state index contributed by atoms with van der Waals surface area (Å²) in [6, 6.07) is 6.28. The van der Waals surface area contributed by atoms with E-state index in [9.17, 15) is 13.6 Å². The van der Waals surface area contributed by atoms with E-state index in [1.165, 1.54) is 12.1 Å². The number of nitrogens with one attached hydrogen (secondary N) is 1. The largest absolute Gasteiger partial charge is 0.435 e. The molecule has 0 spiro atoms. The van der Waals surface area contributed by atoms with Gasteiger partial charge in [0.05, 0.1) is 0 Å². The maximum Gasteiger partial charge on any atom is 0.387 e. The van der Waals surface area contributed by atoms with Crippen molar-refractivity contribution in [1.29, 1.82) is 0 Å². The highest BCUT2D eigenvalue weighted by Crippen LogP contribution is 2.14. The Bertz CT molecular complexity index is 382. The summed E-state index contributed by atoms with van der Waals surface area (Å²) in [7, 11) is 0. The fourth-order valence-corrected chi connectivity index (χ4v) is 1.39. The van der Waals surface area contributed by atoms with Crippen LogP contribution in [0.2, 0.25) is 0 Å². The van der Waals surface area contributed by atoms with E-state index in [1.54, 1.807) is 19.1 Å². The molecule has 0 aromatic heterocycles. The molecule has 6 heteroatoms. The Morgan fingerprint density at radius 3 is 2.50 bits per heavy atom. The molecule has 0 aliphatic heterocycles. The van der Waals surface area contributed by atoms with Gasteiger partial charge in [0, 0.05) is 6.54 Å².